The lowest BCUT2D eigenvalue weighted by atomic mass is 10.1. The van der Waals surface area contributed by atoms with E-state index in [9.17, 15) is 0 Å². The molecule has 1 aromatic carbocycles. The Bertz CT molecular complexity index is 388. The van der Waals surface area contributed by atoms with Crippen LogP contribution in [-0.2, 0) is 4.74 Å². The number of hydrogen-bond acceptors (Lipinski definition) is 3. The summed E-state index contributed by atoms with van der Waals surface area (Å²) < 4.78 is 5.68. The molecule has 1 saturated heterocycles. The topological polar surface area (TPSA) is 24.5 Å². The van der Waals surface area contributed by atoms with Crippen LogP contribution in [0.1, 0.15) is 25.7 Å². The van der Waals surface area contributed by atoms with Crippen molar-refractivity contribution in [2.45, 2.75) is 31.8 Å². The molecule has 0 saturated carbocycles. The van der Waals surface area contributed by atoms with Crippen molar-refractivity contribution in [3.63, 3.8) is 0 Å². The summed E-state index contributed by atoms with van der Waals surface area (Å²) in [5, 5.41) is 3.46. The molecule has 3 rings (SSSR count). The van der Waals surface area contributed by atoms with Crippen molar-refractivity contribution in [2.24, 2.45) is 0 Å². The van der Waals surface area contributed by atoms with Gasteiger partial charge >= 0.3 is 0 Å². The molecule has 1 N–H and O–H groups in total. The van der Waals surface area contributed by atoms with Gasteiger partial charge in [-0.15, -0.1) is 0 Å². The van der Waals surface area contributed by atoms with Gasteiger partial charge in [0.2, 0.25) is 0 Å². The Morgan fingerprint density at radius 2 is 2.28 bits per heavy atom. The van der Waals surface area contributed by atoms with Crippen molar-refractivity contribution in [1.82, 2.24) is 0 Å². The molecular formula is C15H22N2O. The summed E-state index contributed by atoms with van der Waals surface area (Å²) in [6.07, 6.45) is 5.49. The second-order valence-electron chi connectivity index (χ2n) is 5.21. The van der Waals surface area contributed by atoms with Crippen molar-refractivity contribution >= 4 is 11.4 Å². The van der Waals surface area contributed by atoms with Gasteiger partial charge < -0.3 is 15.0 Å². The maximum Gasteiger partial charge on any atom is 0.0602 e. The number of para-hydroxylation sites is 2. The first-order chi connectivity index (χ1) is 8.93. The second kappa shape index (κ2) is 5.61. The summed E-state index contributed by atoms with van der Waals surface area (Å²) in [6, 6.07) is 8.61. The van der Waals surface area contributed by atoms with Gasteiger partial charge in [0.1, 0.15) is 0 Å². The predicted molar refractivity (Wildman–Crippen MR) is 75.4 cm³/mol. The number of nitrogens with one attached hydrogen (secondary N) is 1. The third-order valence-corrected chi connectivity index (χ3v) is 3.92. The zero-order valence-corrected chi connectivity index (χ0v) is 10.9. The van der Waals surface area contributed by atoms with Crippen molar-refractivity contribution in [1.29, 1.82) is 0 Å². The van der Waals surface area contributed by atoms with Gasteiger partial charge in [-0.25, -0.2) is 0 Å². The minimum absolute atomic E-state index is 0.531. The van der Waals surface area contributed by atoms with E-state index in [0.29, 0.717) is 6.10 Å². The molecule has 0 amide bonds. The van der Waals surface area contributed by atoms with Crippen LogP contribution in [0.25, 0.3) is 0 Å². The Labute approximate surface area is 109 Å². The fraction of sp³-hybridized carbons (Fsp3) is 0.600. The Morgan fingerprint density at radius 3 is 3.17 bits per heavy atom. The number of anilines is 2. The van der Waals surface area contributed by atoms with Crippen LogP contribution in [-0.4, -0.2) is 32.3 Å². The highest BCUT2D eigenvalue weighted by atomic mass is 16.5. The molecule has 0 aliphatic carbocycles. The molecule has 0 bridgehead atoms. The summed E-state index contributed by atoms with van der Waals surface area (Å²) in [5.41, 5.74) is 2.64. The number of hydrogen-bond donors (Lipinski definition) is 1. The van der Waals surface area contributed by atoms with Crippen LogP contribution in [0.15, 0.2) is 24.3 Å². The Morgan fingerprint density at radius 1 is 1.33 bits per heavy atom. The molecule has 1 fully saturated rings. The molecule has 1 atom stereocenters. The van der Waals surface area contributed by atoms with Gasteiger partial charge in [-0.2, -0.15) is 0 Å². The molecule has 2 aliphatic rings. The molecule has 0 radical (unpaired) electrons. The van der Waals surface area contributed by atoms with Gasteiger partial charge in [-0.1, -0.05) is 12.1 Å². The summed E-state index contributed by atoms with van der Waals surface area (Å²) in [4.78, 5) is 2.50. The van der Waals surface area contributed by atoms with E-state index in [0.717, 1.165) is 26.2 Å². The van der Waals surface area contributed by atoms with E-state index in [1.165, 1.54) is 37.1 Å². The van der Waals surface area contributed by atoms with Crippen LogP contribution in [0.5, 0.6) is 0 Å². The van der Waals surface area contributed by atoms with Crippen molar-refractivity contribution < 1.29 is 4.74 Å². The van der Waals surface area contributed by atoms with Gasteiger partial charge in [-0.05, 0) is 37.8 Å². The number of benzene rings is 1. The second-order valence-corrected chi connectivity index (χ2v) is 5.21. The molecule has 2 heterocycles. The molecule has 3 heteroatoms. The smallest absolute Gasteiger partial charge is 0.0602 e. The van der Waals surface area contributed by atoms with Crippen molar-refractivity contribution in [3.05, 3.63) is 24.3 Å². The third kappa shape index (κ3) is 2.61. The van der Waals surface area contributed by atoms with Crippen molar-refractivity contribution in [2.75, 3.05) is 36.5 Å². The van der Waals surface area contributed by atoms with Crippen LogP contribution < -0.4 is 10.2 Å². The molecule has 0 spiro atoms. The van der Waals surface area contributed by atoms with Crippen LogP contribution in [0, 0.1) is 0 Å². The van der Waals surface area contributed by atoms with E-state index in [2.05, 4.69) is 34.5 Å². The summed E-state index contributed by atoms with van der Waals surface area (Å²) in [5.74, 6) is 0. The zero-order valence-electron chi connectivity index (χ0n) is 10.9. The highest BCUT2D eigenvalue weighted by Gasteiger charge is 2.18. The summed E-state index contributed by atoms with van der Waals surface area (Å²) in [7, 11) is 0. The first-order valence-corrected chi connectivity index (χ1v) is 7.13. The van der Waals surface area contributed by atoms with Crippen molar-refractivity contribution in [3.8, 4) is 0 Å². The Balaban J connectivity index is 1.54. The first-order valence-electron chi connectivity index (χ1n) is 7.13. The molecule has 18 heavy (non-hydrogen) atoms. The molecule has 1 aromatic rings. The molecule has 2 aliphatic heterocycles. The lowest BCUT2D eigenvalue weighted by Crippen LogP contribution is -2.34. The normalized spacial score (nSPS) is 22.7. The van der Waals surface area contributed by atoms with E-state index >= 15 is 0 Å². The first kappa shape index (κ1) is 11.8. The Kier molecular flexibility index (Phi) is 3.69. The SMILES string of the molecule is c1ccc2c(c1)NCCN2CCCC1CCCO1. The highest BCUT2D eigenvalue weighted by molar-refractivity contribution is 5.71. The minimum atomic E-state index is 0.531. The summed E-state index contributed by atoms with van der Waals surface area (Å²) >= 11 is 0. The number of rotatable bonds is 4. The van der Waals surface area contributed by atoms with E-state index in [-0.39, 0.29) is 0 Å². The maximum absolute atomic E-state index is 5.68. The standard InChI is InChI=1S/C15H22N2O/c1-2-8-15-14(7-1)16-9-11-17(15)10-3-5-13-6-4-12-18-13/h1-2,7-8,13,16H,3-6,9-12H2. The van der Waals surface area contributed by atoms with Crippen LogP contribution >= 0.6 is 0 Å². The Hall–Kier alpha value is -1.22. The van der Waals surface area contributed by atoms with Gasteiger partial charge in [0.15, 0.2) is 0 Å². The highest BCUT2D eigenvalue weighted by Crippen LogP contribution is 2.28. The van der Waals surface area contributed by atoms with Gasteiger partial charge in [0.05, 0.1) is 17.5 Å². The van der Waals surface area contributed by atoms with Crippen LogP contribution in [0.4, 0.5) is 11.4 Å². The molecule has 0 aromatic heterocycles. The lowest BCUT2D eigenvalue weighted by molar-refractivity contribution is 0.103. The van der Waals surface area contributed by atoms with E-state index in [4.69, 9.17) is 4.74 Å². The minimum Gasteiger partial charge on any atom is -0.382 e. The quantitative estimate of drug-likeness (QED) is 0.884. The molecule has 1 unspecified atom stereocenters. The molecule has 3 nitrogen and oxygen atoms in total. The van der Waals surface area contributed by atoms with E-state index < -0.39 is 0 Å². The fourth-order valence-electron chi connectivity index (χ4n) is 2.96. The van der Waals surface area contributed by atoms with E-state index in [1.54, 1.807) is 0 Å². The van der Waals surface area contributed by atoms with Gasteiger partial charge in [-0.3, -0.25) is 0 Å². The van der Waals surface area contributed by atoms with Crippen LogP contribution in [0.3, 0.4) is 0 Å². The zero-order chi connectivity index (χ0) is 12.2. The predicted octanol–water partition coefficient (Wildman–Crippen LogP) is 2.88. The molecular weight excluding hydrogens is 224 g/mol. The number of ether oxygens (including phenoxy) is 1. The monoisotopic (exact) mass is 246 g/mol. The van der Waals surface area contributed by atoms with Gasteiger partial charge in [0.25, 0.3) is 0 Å². The average molecular weight is 246 g/mol. The largest absolute Gasteiger partial charge is 0.382 e. The third-order valence-electron chi connectivity index (χ3n) is 3.92. The average Bonchev–Trinajstić information content (AvgIpc) is 2.92. The summed E-state index contributed by atoms with van der Waals surface area (Å²) in [6.45, 7) is 4.29. The fourth-order valence-corrected chi connectivity index (χ4v) is 2.96. The van der Waals surface area contributed by atoms with E-state index in [1.807, 2.05) is 0 Å². The van der Waals surface area contributed by atoms with Crippen LogP contribution in [0.2, 0.25) is 0 Å². The molecule has 98 valence electrons. The number of fused-ring (bicyclic) bond motifs is 1. The maximum atomic E-state index is 5.68. The lowest BCUT2D eigenvalue weighted by Gasteiger charge is -2.32. The number of nitrogens with zero attached hydrogens (tertiary/aromatic N) is 1. The van der Waals surface area contributed by atoms with Gasteiger partial charge in [0, 0.05) is 26.2 Å².